The molecule has 0 saturated carbocycles. The third kappa shape index (κ3) is 4.16. The summed E-state index contributed by atoms with van der Waals surface area (Å²) in [7, 11) is 3.32. The first-order chi connectivity index (χ1) is 13.3. The van der Waals surface area contributed by atoms with Gasteiger partial charge in [-0.25, -0.2) is 4.98 Å². The Morgan fingerprint density at radius 1 is 1.14 bits per heavy atom. The van der Waals surface area contributed by atoms with Gasteiger partial charge in [-0.15, -0.1) is 0 Å². The minimum atomic E-state index is -0.420. The Bertz CT molecular complexity index is 1120. The van der Waals surface area contributed by atoms with E-state index in [4.69, 9.17) is 23.2 Å². The number of aromatic nitrogens is 2. The van der Waals surface area contributed by atoms with E-state index >= 15 is 0 Å². The number of nitrogens with zero attached hydrogens (tertiary/aromatic N) is 3. The minimum Gasteiger partial charge on any atom is -0.345 e. The number of benzene rings is 2. The van der Waals surface area contributed by atoms with Crippen LogP contribution >= 0.6 is 23.2 Å². The molecule has 0 aliphatic heterocycles. The van der Waals surface area contributed by atoms with Crippen molar-refractivity contribution in [2.24, 2.45) is 0 Å². The number of carbonyl (C=O) groups excluding carboxylic acids is 2. The highest BCUT2D eigenvalue weighted by atomic mass is 35.5. The van der Waals surface area contributed by atoms with E-state index in [0.717, 1.165) is 0 Å². The van der Waals surface area contributed by atoms with Crippen LogP contribution in [-0.4, -0.2) is 40.4 Å². The number of halogens is 2. The van der Waals surface area contributed by atoms with Crippen molar-refractivity contribution in [3.05, 3.63) is 68.7 Å². The van der Waals surface area contributed by atoms with Crippen LogP contribution in [0, 0.1) is 0 Å². The topological polar surface area (TPSA) is 84.3 Å². The van der Waals surface area contributed by atoms with Crippen LogP contribution in [-0.2, 0) is 11.3 Å². The smallest absolute Gasteiger partial charge is 0.261 e. The zero-order chi connectivity index (χ0) is 20.4. The summed E-state index contributed by atoms with van der Waals surface area (Å²) >= 11 is 12.0. The standard InChI is InChI=1S/C19H16Cl2N4O3/c1-24(2)18(27)11-3-5-13(6-4-11)23-16(26)9-25-10-22-17-14(19(25)28)7-12(20)8-15(17)21/h3-8,10H,9H2,1-2H3,(H,23,26). The Morgan fingerprint density at radius 2 is 1.82 bits per heavy atom. The molecule has 0 spiro atoms. The van der Waals surface area contributed by atoms with Gasteiger partial charge in [-0.2, -0.15) is 0 Å². The maximum absolute atomic E-state index is 12.6. The Balaban J connectivity index is 1.77. The van der Waals surface area contributed by atoms with E-state index in [9.17, 15) is 14.4 Å². The molecule has 7 nitrogen and oxygen atoms in total. The fourth-order valence-electron chi connectivity index (χ4n) is 2.62. The van der Waals surface area contributed by atoms with Gasteiger partial charge >= 0.3 is 0 Å². The molecule has 0 fully saturated rings. The summed E-state index contributed by atoms with van der Waals surface area (Å²) in [5, 5.41) is 3.49. The highest BCUT2D eigenvalue weighted by molar-refractivity contribution is 6.38. The van der Waals surface area contributed by atoms with Crippen LogP contribution in [0.4, 0.5) is 5.69 Å². The lowest BCUT2D eigenvalue weighted by Crippen LogP contribution is -2.28. The van der Waals surface area contributed by atoms with E-state index in [0.29, 0.717) is 21.8 Å². The van der Waals surface area contributed by atoms with Crippen LogP contribution in [0.25, 0.3) is 10.9 Å². The summed E-state index contributed by atoms with van der Waals surface area (Å²) in [5.74, 6) is -0.549. The first-order valence-electron chi connectivity index (χ1n) is 8.22. The fraction of sp³-hybridized carbons (Fsp3) is 0.158. The van der Waals surface area contributed by atoms with Gasteiger partial charge in [0.2, 0.25) is 5.91 Å². The van der Waals surface area contributed by atoms with E-state index < -0.39 is 11.5 Å². The van der Waals surface area contributed by atoms with Crippen molar-refractivity contribution in [1.82, 2.24) is 14.5 Å². The lowest BCUT2D eigenvalue weighted by atomic mass is 10.2. The van der Waals surface area contributed by atoms with Crippen molar-refractivity contribution in [2.75, 3.05) is 19.4 Å². The van der Waals surface area contributed by atoms with E-state index in [1.165, 1.54) is 27.9 Å². The maximum atomic E-state index is 12.6. The summed E-state index contributed by atoms with van der Waals surface area (Å²) in [6.07, 6.45) is 1.27. The van der Waals surface area contributed by atoms with Gasteiger partial charge in [0, 0.05) is 30.4 Å². The third-order valence-electron chi connectivity index (χ3n) is 3.98. The molecule has 1 aromatic heterocycles. The van der Waals surface area contributed by atoms with Gasteiger partial charge in [0.25, 0.3) is 11.5 Å². The number of anilines is 1. The number of amides is 2. The summed E-state index contributed by atoms with van der Waals surface area (Å²) in [5.41, 5.74) is 0.922. The summed E-state index contributed by atoms with van der Waals surface area (Å²) in [4.78, 5) is 42.4. The molecular formula is C19H16Cl2N4O3. The summed E-state index contributed by atoms with van der Waals surface area (Å²) in [6.45, 7) is -0.232. The number of carbonyl (C=O) groups is 2. The second kappa shape index (κ2) is 8.00. The Hall–Kier alpha value is -2.90. The molecule has 0 atom stereocenters. The zero-order valence-electron chi connectivity index (χ0n) is 15.1. The van der Waals surface area contributed by atoms with Gasteiger partial charge in [0.1, 0.15) is 6.54 Å². The van der Waals surface area contributed by atoms with E-state index in [-0.39, 0.29) is 22.9 Å². The first-order valence-corrected chi connectivity index (χ1v) is 8.97. The highest BCUT2D eigenvalue weighted by Gasteiger charge is 2.12. The lowest BCUT2D eigenvalue weighted by Gasteiger charge is -2.11. The molecule has 0 saturated heterocycles. The molecule has 0 radical (unpaired) electrons. The third-order valence-corrected chi connectivity index (χ3v) is 4.49. The molecule has 2 amide bonds. The SMILES string of the molecule is CN(C)C(=O)c1ccc(NC(=O)Cn2cnc3c(Cl)cc(Cl)cc3c2=O)cc1. The van der Waals surface area contributed by atoms with Crippen LogP contribution in [0.2, 0.25) is 10.0 Å². The van der Waals surface area contributed by atoms with E-state index in [2.05, 4.69) is 10.3 Å². The number of nitrogens with one attached hydrogen (secondary N) is 1. The lowest BCUT2D eigenvalue weighted by molar-refractivity contribution is -0.116. The summed E-state index contributed by atoms with van der Waals surface area (Å²) in [6, 6.07) is 9.44. The fourth-order valence-corrected chi connectivity index (χ4v) is 3.16. The van der Waals surface area contributed by atoms with Crippen molar-refractivity contribution >= 4 is 51.6 Å². The monoisotopic (exact) mass is 418 g/mol. The predicted octanol–water partition coefficient (Wildman–Crippen LogP) is 3.04. The van der Waals surface area contributed by atoms with Crippen LogP contribution in [0.15, 0.2) is 47.5 Å². The largest absolute Gasteiger partial charge is 0.345 e. The normalized spacial score (nSPS) is 10.7. The molecular weight excluding hydrogens is 403 g/mol. The predicted molar refractivity (Wildman–Crippen MR) is 109 cm³/mol. The van der Waals surface area contributed by atoms with E-state index in [1.807, 2.05) is 0 Å². The van der Waals surface area contributed by atoms with Gasteiger partial charge in [0.05, 0.1) is 22.3 Å². The molecule has 3 rings (SSSR count). The summed E-state index contributed by atoms with van der Waals surface area (Å²) < 4.78 is 1.17. The van der Waals surface area contributed by atoms with Crippen LogP contribution < -0.4 is 10.9 Å². The van der Waals surface area contributed by atoms with Crippen LogP contribution in [0.3, 0.4) is 0 Å². The molecule has 0 aliphatic carbocycles. The molecule has 1 N–H and O–H groups in total. The maximum Gasteiger partial charge on any atom is 0.261 e. The molecule has 0 unspecified atom stereocenters. The molecule has 28 heavy (non-hydrogen) atoms. The number of rotatable bonds is 4. The minimum absolute atomic E-state index is 0.135. The van der Waals surface area contributed by atoms with Crippen molar-refractivity contribution in [3.8, 4) is 0 Å². The molecule has 0 bridgehead atoms. The highest BCUT2D eigenvalue weighted by Crippen LogP contribution is 2.23. The average Bonchev–Trinajstić information content (AvgIpc) is 2.64. The Morgan fingerprint density at radius 3 is 2.46 bits per heavy atom. The van der Waals surface area contributed by atoms with Crippen molar-refractivity contribution in [1.29, 1.82) is 0 Å². The quantitative estimate of drug-likeness (QED) is 0.705. The molecule has 1 heterocycles. The van der Waals surface area contributed by atoms with Gasteiger partial charge in [-0.05, 0) is 36.4 Å². The number of hydrogen-bond donors (Lipinski definition) is 1. The molecule has 0 aliphatic rings. The number of fused-ring (bicyclic) bond motifs is 1. The first kappa shape index (κ1) is 19.9. The van der Waals surface area contributed by atoms with Crippen LogP contribution in [0.5, 0.6) is 0 Å². The van der Waals surface area contributed by atoms with Crippen LogP contribution in [0.1, 0.15) is 10.4 Å². The molecule has 2 aromatic carbocycles. The molecule has 144 valence electrons. The second-order valence-corrected chi connectivity index (χ2v) is 7.13. The number of hydrogen-bond acceptors (Lipinski definition) is 4. The second-order valence-electron chi connectivity index (χ2n) is 6.29. The van der Waals surface area contributed by atoms with Gasteiger partial charge in [-0.3, -0.25) is 19.0 Å². The molecule has 9 heteroatoms. The van der Waals surface area contributed by atoms with Gasteiger partial charge in [-0.1, -0.05) is 23.2 Å². The van der Waals surface area contributed by atoms with E-state index in [1.54, 1.807) is 38.4 Å². The van der Waals surface area contributed by atoms with Crippen molar-refractivity contribution in [2.45, 2.75) is 6.54 Å². The average molecular weight is 419 g/mol. The zero-order valence-corrected chi connectivity index (χ0v) is 16.6. The Labute approximate surface area is 170 Å². The molecule has 3 aromatic rings. The Kier molecular flexibility index (Phi) is 5.67. The van der Waals surface area contributed by atoms with Gasteiger partial charge in [0.15, 0.2) is 0 Å². The van der Waals surface area contributed by atoms with Crippen molar-refractivity contribution < 1.29 is 9.59 Å². The van der Waals surface area contributed by atoms with Crippen molar-refractivity contribution in [3.63, 3.8) is 0 Å². The van der Waals surface area contributed by atoms with Gasteiger partial charge < -0.3 is 10.2 Å².